The van der Waals surface area contributed by atoms with Crippen molar-refractivity contribution in [2.75, 3.05) is 13.1 Å². The van der Waals surface area contributed by atoms with Crippen molar-refractivity contribution < 1.29 is 9.59 Å². The van der Waals surface area contributed by atoms with Crippen LogP contribution in [0, 0.1) is 6.92 Å². The van der Waals surface area contributed by atoms with Crippen molar-refractivity contribution in [3.8, 4) is 0 Å². The molecule has 0 aliphatic carbocycles. The molecule has 4 heterocycles. The van der Waals surface area contributed by atoms with E-state index < -0.39 is 5.66 Å². The summed E-state index contributed by atoms with van der Waals surface area (Å²) in [7, 11) is 0. The minimum Gasteiger partial charge on any atom is -0.309 e. The molecular weight excluding hydrogens is 408 g/mol. The molecule has 0 bridgehead atoms. The van der Waals surface area contributed by atoms with Gasteiger partial charge in [0.2, 0.25) is 0 Å². The Bertz CT molecular complexity index is 1130. The van der Waals surface area contributed by atoms with Gasteiger partial charge in [-0.05, 0) is 36.8 Å². The van der Waals surface area contributed by atoms with E-state index in [0.29, 0.717) is 41.5 Å². The number of hydrogen-bond donors (Lipinski definition) is 0. The van der Waals surface area contributed by atoms with E-state index in [4.69, 9.17) is 11.6 Å². The summed E-state index contributed by atoms with van der Waals surface area (Å²) in [5.41, 5.74) is 1.58. The number of hydrogen-bond acceptors (Lipinski definition) is 5. The molecule has 8 heteroatoms. The molecule has 1 saturated heterocycles. The van der Waals surface area contributed by atoms with Crippen LogP contribution in [0.15, 0.2) is 48.0 Å². The number of rotatable bonds is 2. The molecular formula is C21H17ClN4O2S. The highest BCUT2D eigenvalue weighted by Crippen LogP contribution is 2.45. The van der Waals surface area contributed by atoms with Crippen LogP contribution in [0.1, 0.15) is 37.1 Å². The third-order valence-electron chi connectivity index (χ3n) is 5.61. The van der Waals surface area contributed by atoms with Crippen LogP contribution in [0.4, 0.5) is 0 Å². The van der Waals surface area contributed by atoms with Gasteiger partial charge < -0.3 is 9.80 Å². The molecule has 0 radical (unpaired) electrons. The summed E-state index contributed by atoms with van der Waals surface area (Å²) in [6, 6.07) is 10.9. The Balaban J connectivity index is 1.70. The van der Waals surface area contributed by atoms with Crippen molar-refractivity contribution in [1.82, 2.24) is 19.8 Å². The van der Waals surface area contributed by atoms with Gasteiger partial charge in [0.1, 0.15) is 11.4 Å². The van der Waals surface area contributed by atoms with Crippen LogP contribution in [0.3, 0.4) is 0 Å². The van der Waals surface area contributed by atoms with Gasteiger partial charge >= 0.3 is 0 Å². The smallest absolute Gasteiger partial charge is 0.275 e. The molecule has 2 aliphatic heterocycles. The average Bonchev–Trinajstić information content (AvgIpc) is 3.33. The molecule has 2 aliphatic rings. The normalized spacial score (nSPS) is 20.6. The summed E-state index contributed by atoms with van der Waals surface area (Å²) in [6.45, 7) is 2.75. The van der Waals surface area contributed by atoms with E-state index in [1.54, 1.807) is 45.6 Å². The van der Waals surface area contributed by atoms with Crippen LogP contribution in [-0.4, -0.2) is 44.7 Å². The van der Waals surface area contributed by atoms with Gasteiger partial charge in [0.25, 0.3) is 11.8 Å². The summed E-state index contributed by atoms with van der Waals surface area (Å²) in [5, 5.41) is 3.20. The zero-order chi connectivity index (χ0) is 20.2. The fourth-order valence-corrected chi connectivity index (χ4v) is 5.04. The van der Waals surface area contributed by atoms with Crippen LogP contribution in [0.2, 0.25) is 5.02 Å². The lowest BCUT2D eigenvalue weighted by Crippen LogP contribution is -2.58. The number of halogens is 1. The molecule has 0 saturated carbocycles. The van der Waals surface area contributed by atoms with Gasteiger partial charge in [0, 0.05) is 36.1 Å². The highest BCUT2D eigenvalue weighted by Gasteiger charge is 2.56. The highest BCUT2D eigenvalue weighted by atomic mass is 35.5. The first kappa shape index (κ1) is 18.3. The van der Waals surface area contributed by atoms with Gasteiger partial charge in [0.15, 0.2) is 0 Å². The number of amides is 2. The predicted octanol–water partition coefficient (Wildman–Crippen LogP) is 3.51. The van der Waals surface area contributed by atoms with Crippen molar-refractivity contribution in [2.24, 2.45) is 0 Å². The number of fused-ring (bicyclic) bond motifs is 2. The third-order valence-corrected chi connectivity index (χ3v) is 6.64. The second-order valence-corrected chi connectivity index (χ2v) is 8.66. The number of carbonyl (C=O) groups excluding carboxylic acids is 2. The van der Waals surface area contributed by atoms with Crippen LogP contribution >= 0.6 is 22.9 Å². The number of pyridine rings is 1. The van der Waals surface area contributed by atoms with Crippen LogP contribution < -0.4 is 0 Å². The summed E-state index contributed by atoms with van der Waals surface area (Å²) >= 11 is 7.55. The molecule has 3 aromatic rings. The number of aromatic nitrogens is 2. The molecule has 2 aromatic heterocycles. The molecule has 146 valence electrons. The summed E-state index contributed by atoms with van der Waals surface area (Å²) in [4.78, 5) is 39.2. The zero-order valence-corrected chi connectivity index (χ0v) is 17.2. The van der Waals surface area contributed by atoms with Crippen molar-refractivity contribution in [3.63, 3.8) is 0 Å². The lowest BCUT2D eigenvalue weighted by atomic mass is 9.86. The lowest BCUT2D eigenvalue weighted by Gasteiger charge is -2.46. The van der Waals surface area contributed by atoms with Crippen molar-refractivity contribution in [3.05, 3.63) is 80.5 Å². The van der Waals surface area contributed by atoms with Gasteiger partial charge in [-0.3, -0.25) is 14.6 Å². The first-order chi connectivity index (χ1) is 14.0. The summed E-state index contributed by atoms with van der Waals surface area (Å²) < 4.78 is 0. The minimum absolute atomic E-state index is 0.112. The first-order valence-corrected chi connectivity index (χ1v) is 10.5. The van der Waals surface area contributed by atoms with E-state index in [9.17, 15) is 9.59 Å². The topological polar surface area (TPSA) is 66.4 Å². The van der Waals surface area contributed by atoms with E-state index >= 15 is 0 Å². The number of nitrogens with zero attached hydrogens (tertiary/aromatic N) is 4. The maximum Gasteiger partial charge on any atom is 0.275 e. The lowest BCUT2D eigenvalue weighted by molar-refractivity contribution is 0.00677. The Morgan fingerprint density at radius 3 is 2.72 bits per heavy atom. The molecule has 1 aromatic carbocycles. The molecule has 1 atom stereocenters. The van der Waals surface area contributed by atoms with Gasteiger partial charge in [-0.25, -0.2) is 4.98 Å². The van der Waals surface area contributed by atoms with Crippen LogP contribution in [0.25, 0.3) is 0 Å². The third kappa shape index (κ3) is 2.68. The molecule has 0 N–H and O–H groups in total. The second kappa shape index (κ2) is 6.64. The second-order valence-electron chi connectivity index (χ2n) is 7.16. The average molecular weight is 425 g/mol. The Hall–Kier alpha value is -2.77. The highest BCUT2D eigenvalue weighted by molar-refractivity contribution is 7.09. The van der Waals surface area contributed by atoms with Crippen molar-refractivity contribution >= 4 is 34.8 Å². The number of carbonyl (C=O) groups is 2. The van der Waals surface area contributed by atoms with Crippen molar-refractivity contribution in [1.29, 1.82) is 0 Å². The largest absolute Gasteiger partial charge is 0.309 e. The van der Waals surface area contributed by atoms with Crippen molar-refractivity contribution in [2.45, 2.75) is 19.0 Å². The molecule has 2 amide bonds. The minimum atomic E-state index is -0.947. The Morgan fingerprint density at radius 1 is 1.21 bits per heavy atom. The van der Waals surface area contributed by atoms with Crippen LogP contribution in [0.5, 0.6) is 0 Å². The number of thiazole rings is 1. The molecule has 6 nitrogen and oxygen atoms in total. The maximum atomic E-state index is 13.5. The molecule has 1 fully saturated rings. The fraction of sp³-hybridized carbons (Fsp3) is 0.238. The van der Waals surface area contributed by atoms with E-state index in [0.717, 1.165) is 10.6 Å². The first-order valence-electron chi connectivity index (χ1n) is 9.27. The van der Waals surface area contributed by atoms with Gasteiger partial charge in [-0.1, -0.05) is 23.7 Å². The van der Waals surface area contributed by atoms with Gasteiger partial charge in [0.05, 0.1) is 16.3 Å². The Kier molecular flexibility index (Phi) is 4.18. The Morgan fingerprint density at radius 2 is 2.00 bits per heavy atom. The summed E-state index contributed by atoms with van der Waals surface area (Å²) in [6.07, 6.45) is 2.10. The number of aryl methyl sites for hydroxylation is 1. The molecule has 5 rings (SSSR count). The monoisotopic (exact) mass is 424 g/mol. The van der Waals surface area contributed by atoms with Crippen LogP contribution in [-0.2, 0) is 12.1 Å². The Labute approximate surface area is 176 Å². The molecule has 1 unspecified atom stereocenters. The SMILES string of the molecule is Cc1nc(C(=O)N2CCN3C(=O)c4cccnc4CC23c2ccc(Cl)cc2)cs1. The van der Waals surface area contributed by atoms with Gasteiger partial charge in [-0.15, -0.1) is 11.3 Å². The zero-order valence-electron chi connectivity index (χ0n) is 15.6. The van der Waals surface area contributed by atoms with E-state index in [2.05, 4.69) is 9.97 Å². The standard InChI is InChI=1S/C21H17ClN4O2S/c1-13-24-18(12-29-13)20(28)26-10-9-25-19(27)16-3-2-8-23-17(16)11-21(25,26)14-4-6-15(22)7-5-14/h2-8,12H,9-11H2,1H3. The molecule has 29 heavy (non-hydrogen) atoms. The van der Waals surface area contributed by atoms with E-state index in [1.165, 1.54) is 11.3 Å². The molecule has 0 spiro atoms. The van der Waals surface area contributed by atoms with E-state index in [1.807, 2.05) is 19.1 Å². The maximum absolute atomic E-state index is 13.5. The quantitative estimate of drug-likeness (QED) is 0.631. The van der Waals surface area contributed by atoms with E-state index in [-0.39, 0.29) is 11.8 Å². The number of benzene rings is 1. The predicted molar refractivity (Wildman–Crippen MR) is 110 cm³/mol. The van der Waals surface area contributed by atoms with Gasteiger partial charge in [-0.2, -0.15) is 0 Å². The summed E-state index contributed by atoms with van der Waals surface area (Å²) in [5.74, 6) is -0.293. The fourth-order valence-electron chi connectivity index (χ4n) is 4.33.